The van der Waals surface area contributed by atoms with Crippen LogP contribution in [0.4, 0.5) is 5.69 Å². The number of carbonyl (C=O) groups is 1. The highest BCUT2D eigenvalue weighted by Gasteiger charge is 2.35. The first-order valence-corrected chi connectivity index (χ1v) is 11.7. The second-order valence-corrected chi connectivity index (χ2v) is 10.00. The van der Waals surface area contributed by atoms with Crippen molar-refractivity contribution in [2.24, 2.45) is 0 Å². The highest BCUT2D eigenvalue weighted by molar-refractivity contribution is 9.10. The van der Waals surface area contributed by atoms with Crippen LogP contribution in [0, 0.1) is 6.92 Å². The van der Waals surface area contributed by atoms with E-state index in [9.17, 15) is 13.2 Å². The molecular weight excluding hydrogens is 456 g/mol. The van der Waals surface area contributed by atoms with Gasteiger partial charge in [-0.15, -0.1) is 0 Å². The van der Waals surface area contributed by atoms with Gasteiger partial charge in [0.15, 0.2) is 0 Å². The van der Waals surface area contributed by atoms with Crippen LogP contribution in [0.3, 0.4) is 0 Å². The lowest BCUT2D eigenvalue weighted by atomic mass is 10.1. The summed E-state index contributed by atoms with van der Waals surface area (Å²) in [5, 5.41) is 0. The summed E-state index contributed by atoms with van der Waals surface area (Å²) < 4.78 is 34.0. The lowest BCUT2D eigenvalue weighted by Crippen LogP contribution is -2.45. The molecule has 2 aromatic carbocycles. The van der Waals surface area contributed by atoms with E-state index < -0.39 is 10.0 Å². The van der Waals surface area contributed by atoms with Crippen LogP contribution >= 0.6 is 15.9 Å². The third-order valence-corrected chi connectivity index (χ3v) is 7.56. The van der Waals surface area contributed by atoms with Gasteiger partial charge in [0.25, 0.3) is 0 Å². The molecule has 0 radical (unpaired) electrons. The van der Waals surface area contributed by atoms with Gasteiger partial charge in [-0.05, 0) is 61.7 Å². The van der Waals surface area contributed by atoms with E-state index in [1.165, 1.54) is 11.4 Å². The maximum absolute atomic E-state index is 13.3. The standard InChI is InChI=1S/C21H25BrN2O4S/c1-5-23(29(26,27)20-10-14(2)6-9-19(20)28-4)13-21(25)24-15(3)11-16-12-17(22)7-8-18(16)24/h6-10,12,15H,5,11,13H2,1-4H3/t15-/m0/s1. The number of hydrogen-bond donors (Lipinski definition) is 0. The molecule has 0 saturated carbocycles. The normalized spacial score (nSPS) is 16.2. The van der Waals surface area contributed by atoms with E-state index >= 15 is 0 Å². The molecule has 0 saturated heterocycles. The molecule has 8 heteroatoms. The number of fused-ring (bicyclic) bond motifs is 1. The third-order valence-electron chi connectivity index (χ3n) is 5.13. The quantitative estimate of drug-likeness (QED) is 0.631. The van der Waals surface area contributed by atoms with Crippen molar-refractivity contribution in [2.45, 2.75) is 38.1 Å². The zero-order valence-electron chi connectivity index (χ0n) is 17.0. The minimum absolute atomic E-state index is 0.0262. The molecule has 1 aliphatic rings. The van der Waals surface area contributed by atoms with Crippen LogP contribution in [0.5, 0.6) is 5.75 Å². The lowest BCUT2D eigenvalue weighted by Gasteiger charge is -2.27. The summed E-state index contributed by atoms with van der Waals surface area (Å²) in [5.41, 5.74) is 2.72. The zero-order valence-corrected chi connectivity index (χ0v) is 19.4. The Hall–Kier alpha value is -1.90. The molecule has 2 aromatic rings. The number of halogens is 1. The maximum Gasteiger partial charge on any atom is 0.247 e. The van der Waals surface area contributed by atoms with Gasteiger partial charge in [0, 0.05) is 22.7 Å². The molecule has 0 spiro atoms. The van der Waals surface area contributed by atoms with Gasteiger partial charge < -0.3 is 9.64 Å². The Kier molecular flexibility index (Phi) is 6.36. The van der Waals surface area contributed by atoms with Crippen molar-refractivity contribution in [3.05, 3.63) is 52.0 Å². The van der Waals surface area contributed by atoms with Crippen molar-refractivity contribution in [2.75, 3.05) is 25.1 Å². The summed E-state index contributed by atoms with van der Waals surface area (Å²) in [6, 6.07) is 10.8. The molecule has 6 nitrogen and oxygen atoms in total. The fraction of sp³-hybridized carbons (Fsp3) is 0.381. The summed E-state index contributed by atoms with van der Waals surface area (Å²) in [5.74, 6) is 0.0295. The van der Waals surface area contributed by atoms with Gasteiger partial charge in [-0.25, -0.2) is 8.42 Å². The number of benzene rings is 2. The summed E-state index contributed by atoms with van der Waals surface area (Å²) in [6.07, 6.45) is 0.741. The van der Waals surface area contributed by atoms with E-state index in [2.05, 4.69) is 15.9 Å². The van der Waals surface area contributed by atoms with Crippen LogP contribution in [-0.2, 0) is 21.2 Å². The number of sulfonamides is 1. The predicted molar refractivity (Wildman–Crippen MR) is 117 cm³/mol. The Morgan fingerprint density at radius 1 is 1.28 bits per heavy atom. The highest BCUT2D eigenvalue weighted by atomic mass is 79.9. The second-order valence-electron chi connectivity index (χ2n) is 7.18. The van der Waals surface area contributed by atoms with E-state index in [0.717, 1.165) is 27.7 Å². The fourth-order valence-corrected chi connectivity index (χ4v) is 5.75. The van der Waals surface area contributed by atoms with E-state index in [0.29, 0.717) is 0 Å². The number of nitrogens with zero attached hydrogens (tertiary/aromatic N) is 2. The van der Waals surface area contributed by atoms with Crippen molar-refractivity contribution in [3.63, 3.8) is 0 Å². The largest absolute Gasteiger partial charge is 0.495 e. The van der Waals surface area contributed by atoms with E-state index in [-0.39, 0.29) is 35.7 Å². The molecule has 0 fully saturated rings. The number of anilines is 1. The molecule has 0 unspecified atom stereocenters. The van der Waals surface area contributed by atoms with Gasteiger partial charge >= 0.3 is 0 Å². The minimum atomic E-state index is -3.89. The number of methoxy groups -OCH3 is 1. The number of amides is 1. The van der Waals surface area contributed by atoms with Gasteiger partial charge in [0.05, 0.1) is 13.7 Å². The molecule has 0 bridgehead atoms. The molecule has 29 heavy (non-hydrogen) atoms. The van der Waals surface area contributed by atoms with Gasteiger partial charge in [-0.1, -0.05) is 28.9 Å². The summed E-state index contributed by atoms with van der Waals surface area (Å²) in [4.78, 5) is 14.9. The van der Waals surface area contributed by atoms with Gasteiger partial charge in [-0.3, -0.25) is 4.79 Å². The highest BCUT2D eigenvalue weighted by Crippen LogP contribution is 2.35. The molecule has 0 aromatic heterocycles. The molecule has 1 aliphatic heterocycles. The van der Waals surface area contributed by atoms with Gasteiger partial charge in [0.1, 0.15) is 10.6 Å². The fourth-order valence-electron chi connectivity index (χ4n) is 3.70. The van der Waals surface area contributed by atoms with Crippen molar-refractivity contribution in [1.82, 2.24) is 4.31 Å². The first-order chi connectivity index (χ1) is 13.7. The lowest BCUT2D eigenvalue weighted by molar-refractivity contribution is -0.119. The van der Waals surface area contributed by atoms with Crippen LogP contribution in [0.25, 0.3) is 0 Å². The van der Waals surface area contributed by atoms with Gasteiger partial charge in [-0.2, -0.15) is 4.31 Å². The molecule has 1 amide bonds. The topological polar surface area (TPSA) is 66.9 Å². The second kappa shape index (κ2) is 8.45. The number of hydrogen-bond acceptors (Lipinski definition) is 4. The average molecular weight is 481 g/mol. The zero-order chi connectivity index (χ0) is 21.3. The smallest absolute Gasteiger partial charge is 0.247 e. The SMILES string of the molecule is CCN(CC(=O)N1c2ccc(Br)cc2C[C@@H]1C)S(=O)(=O)c1cc(C)ccc1OC. The first kappa shape index (κ1) is 21.8. The maximum atomic E-state index is 13.3. The number of carbonyl (C=O) groups excluding carboxylic acids is 1. The Balaban J connectivity index is 1.91. The van der Waals surface area contributed by atoms with Crippen LogP contribution in [-0.4, -0.2) is 44.9 Å². The predicted octanol–water partition coefficient (Wildman–Crippen LogP) is 3.75. The van der Waals surface area contributed by atoms with Crippen molar-refractivity contribution in [3.8, 4) is 5.75 Å². The number of rotatable bonds is 6. The van der Waals surface area contributed by atoms with E-state index in [1.807, 2.05) is 32.0 Å². The summed E-state index contributed by atoms with van der Waals surface area (Å²) in [7, 11) is -2.45. The summed E-state index contributed by atoms with van der Waals surface area (Å²) in [6.45, 7) is 5.48. The number of ether oxygens (including phenoxy) is 1. The van der Waals surface area contributed by atoms with E-state index in [1.54, 1.807) is 30.0 Å². The molecule has 1 atom stereocenters. The van der Waals surface area contributed by atoms with Gasteiger partial charge in [0.2, 0.25) is 15.9 Å². The van der Waals surface area contributed by atoms with E-state index in [4.69, 9.17) is 4.74 Å². The Bertz CT molecular complexity index is 1040. The third kappa shape index (κ3) is 4.20. The number of likely N-dealkylation sites (N-methyl/N-ethyl adjacent to an activating group) is 1. The van der Waals surface area contributed by atoms with Crippen LogP contribution in [0.15, 0.2) is 45.8 Å². The Morgan fingerprint density at radius 3 is 2.66 bits per heavy atom. The van der Waals surface area contributed by atoms with Crippen LogP contribution in [0.2, 0.25) is 0 Å². The number of aryl methyl sites for hydroxylation is 1. The van der Waals surface area contributed by atoms with Crippen LogP contribution < -0.4 is 9.64 Å². The van der Waals surface area contributed by atoms with Crippen LogP contribution in [0.1, 0.15) is 25.0 Å². The van der Waals surface area contributed by atoms with Crippen molar-refractivity contribution in [1.29, 1.82) is 0 Å². The molecule has 1 heterocycles. The molecule has 0 aliphatic carbocycles. The molecular formula is C21H25BrN2O4S. The first-order valence-electron chi connectivity index (χ1n) is 9.44. The monoisotopic (exact) mass is 480 g/mol. The molecule has 156 valence electrons. The van der Waals surface area contributed by atoms with Crippen molar-refractivity contribution >= 4 is 37.5 Å². The average Bonchev–Trinajstić information content (AvgIpc) is 3.00. The molecule has 3 rings (SSSR count). The minimum Gasteiger partial charge on any atom is -0.495 e. The molecule has 0 N–H and O–H groups in total. The Labute approximate surface area is 180 Å². The summed E-state index contributed by atoms with van der Waals surface area (Å²) >= 11 is 3.46. The van der Waals surface area contributed by atoms with Crippen molar-refractivity contribution < 1.29 is 17.9 Å². The Morgan fingerprint density at radius 2 is 2.00 bits per heavy atom.